The fourth-order valence-electron chi connectivity index (χ4n) is 4.72. The lowest BCUT2D eigenvalue weighted by Gasteiger charge is -2.38. The molecule has 5 rings (SSSR count). The van der Waals surface area contributed by atoms with E-state index in [1.807, 2.05) is 42.8 Å². The van der Waals surface area contributed by atoms with Gasteiger partial charge in [-0.15, -0.1) is 0 Å². The minimum atomic E-state index is -0.252. The zero-order valence-corrected chi connectivity index (χ0v) is 19.9. The maximum Gasteiger partial charge on any atom is 0.257 e. The van der Waals surface area contributed by atoms with Crippen LogP contribution >= 0.6 is 0 Å². The van der Waals surface area contributed by atoms with Crippen LogP contribution in [0.2, 0.25) is 0 Å². The van der Waals surface area contributed by atoms with Crippen LogP contribution in [0.1, 0.15) is 36.8 Å². The average Bonchev–Trinajstić information content (AvgIpc) is 3.18. The highest BCUT2D eigenvalue weighted by molar-refractivity contribution is 6.13. The number of aryl methyl sites for hydroxylation is 1. The van der Waals surface area contributed by atoms with Gasteiger partial charge in [0.1, 0.15) is 11.0 Å². The summed E-state index contributed by atoms with van der Waals surface area (Å²) in [5, 5.41) is 6.56. The van der Waals surface area contributed by atoms with Crippen LogP contribution in [0, 0.1) is 6.92 Å². The summed E-state index contributed by atoms with van der Waals surface area (Å²) in [5.74, 6) is 0.369. The molecule has 1 amide bonds. The summed E-state index contributed by atoms with van der Waals surface area (Å²) in [6, 6.07) is 6.33. The molecular weight excluding hydrogens is 430 g/mol. The van der Waals surface area contributed by atoms with Gasteiger partial charge in [-0.1, -0.05) is 0 Å². The SMILES string of the molecule is CCOc1cc(NC(=O)c2ccc(N3C[C@H](C)N[C@@H](C)C3)c3nccnc23)cn2cc(C)nc12. The van der Waals surface area contributed by atoms with E-state index in [-0.39, 0.29) is 5.91 Å². The number of benzene rings is 1. The van der Waals surface area contributed by atoms with Gasteiger partial charge in [0, 0.05) is 56.0 Å². The summed E-state index contributed by atoms with van der Waals surface area (Å²) in [7, 11) is 0. The molecule has 2 N–H and O–H groups in total. The van der Waals surface area contributed by atoms with Gasteiger partial charge in [-0.05, 0) is 39.8 Å². The van der Waals surface area contributed by atoms with Crippen LogP contribution in [-0.4, -0.2) is 57.0 Å². The summed E-state index contributed by atoms with van der Waals surface area (Å²) in [4.78, 5) is 29.3. The van der Waals surface area contributed by atoms with Gasteiger partial charge in [-0.3, -0.25) is 14.8 Å². The van der Waals surface area contributed by atoms with E-state index in [9.17, 15) is 4.79 Å². The number of nitrogens with one attached hydrogen (secondary N) is 2. The maximum atomic E-state index is 13.4. The normalized spacial score (nSPS) is 18.4. The number of piperazine rings is 1. The van der Waals surface area contributed by atoms with Crippen molar-refractivity contribution in [1.82, 2.24) is 24.7 Å². The van der Waals surface area contributed by atoms with Crippen molar-refractivity contribution in [2.75, 3.05) is 29.9 Å². The van der Waals surface area contributed by atoms with E-state index in [0.29, 0.717) is 41.2 Å². The second kappa shape index (κ2) is 8.90. The van der Waals surface area contributed by atoms with Crippen LogP contribution in [0.5, 0.6) is 5.75 Å². The van der Waals surface area contributed by atoms with Gasteiger partial charge in [-0.2, -0.15) is 0 Å². The topological polar surface area (TPSA) is 96.7 Å². The van der Waals surface area contributed by atoms with Crippen molar-refractivity contribution < 1.29 is 9.53 Å². The molecule has 2 atom stereocenters. The number of pyridine rings is 1. The van der Waals surface area contributed by atoms with Crippen LogP contribution < -0.4 is 20.3 Å². The molecule has 34 heavy (non-hydrogen) atoms. The Labute approximate surface area is 198 Å². The number of imidazole rings is 1. The molecular formula is C25H29N7O2. The highest BCUT2D eigenvalue weighted by Crippen LogP contribution is 2.29. The molecule has 1 saturated heterocycles. The largest absolute Gasteiger partial charge is 0.490 e. The second-order valence-electron chi connectivity index (χ2n) is 8.85. The molecule has 1 aliphatic heterocycles. The van der Waals surface area contributed by atoms with E-state index in [2.05, 4.69) is 44.3 Å². The number of carbonyl (C=O) groups excluding carboxylic acids is 1. The first kappa shape index (κ1) is 22.1. The minimum Gasteiger partial charge on any atom is -0.490 e. The number of anilines is 2. The van der Waals surface area contributed by atoms with Crippen molar-refractivity contribution in [2.45, 2.75) is 39.8 Å². The van der Waals surface area contributed by atoms with Crippen molar-refractivity contribution in [2.24, 2.45) is 0 Å². The van der Waals surface area contributed by atoms with Crippen molar-refractivity contribution in [3.8, 4) is 5.75 Å². The molecule has 4 heterocycles. The van der Waals surface area contributed by atoms with E-state index >= 15 is 0 Å². The lowest BCUT2D eigenvalue weighted by atomic mass is 10.1. The van der Waals surface area contributed by atoms with E-state index < -0.39 is 0 Å². The summed E-state index contributed by atoms with van der Waals surface area (Å²) in [6.07, 6.45) is 7.03. The highest BCUT2D eigenvalue weighted by Gasteiger charge is 2.24. The predicted molar refractivity (Wildman–Crippen MR) is 133 cm³/mol. The van der Waals surface area contributed by atoms with Crippen molar-refractivity contribution in [3.05, 3.63) is 54.2 Å². The minimum absolute atomic E-state index is 0.252. The third-order valence-electron chi connectivity index (χ3n) is 5.94. The Morgan fingerprint density at radius 3 is 2.62 bits per heavy atom. The number of nitrogens with zero attached hydrogens (tertiary/aromatic N) is 5. The zero-order chi connectivity index (χ0) is 23.8. The molecule has 0 unspecified atom stereocenters. The van der Waals surface area contributed by atoms with E-state index in [4.69, 9.17) is 4.74 Å². The van der Waals surface area contributed by atoms with Crippen molar-refractivity contribution in [3.63, 3.8) is 0 Å². The highest BCUT2D eigenvalue weighted by atomic mass is 16.5. The van der Waals surface area contributed by atoms with Crippen molar-refractivity contribution in [1.29, 1.82) is 0 Å². The molecule has 0 bridgehead atoms. The Kier molecular flexibility index (Phi) is 5.79. The zero-order valence-electron chi connectivity index (χ0n) is 19.9. The molecule has 1 aromatic carbocycles. The van der Waals surface area contributed by atoms with Crippen LogP contribution in [-0.2, 0) is 0 Å². The fraction of sp³-hybridized carbons (Fsp3) is 0.360. The molecule has 176 valence electrons. The Morgan fingerprint density at radius 2 is 1.88 bits per heavy atom. The van der Waals surface area contributed by atoms with Crippen molar-refractivity contribution >= 4 is 34.0 Å². The number of ether oxygens (including phenoxy) is 1. The van der Waals surface area contributed by atoms with Gasteiger partial charge in [0.15, 0.2) is 11.4 Å². The number of rotatable bonds is 5. The molecule has 0 radical (unpaired) electrons. The molecule has 0 saturated carbocycles. The second-order valence-corrected chi connectivity index (χ2v) is 8.85. The maximum absolute atomic E-state index is 13.4. The Balaban J connectivity index is 1.50. The summed E-state index contributed by atoms with van der Waals surface area (Å²) in [6.45, 7) is 10.4. The number of amides is 1. The van der Waals surface area contributed by atoms with E-state index in [1.54, 1.807) is 18.5 Å². The summed E-state index contributed by atoms with van der Waals surface area (Å²) < 4.78 is 7.63. The summed E-state index contributed by atoms with van der Waals surface area (Å²) in [5.41, 5.74) is 4.99. The Bertz CT molecular complexity index is 1360. The number of hydrogen-bond acceptors (Lipinski definition) is 7. The lowest BCUT2D eigenvalue weighted by Crippen LogP contribution is -2.54. The molecule has 4 aromatic rings. The van der Waals surface area contributed by atoms with Gasteiger partial charge in [0.05, 0.1) is 29.2 Å². The van der Waals surface area contributed by atoms with Gasteiger partial charge in [-0.25, -0.2) is 4.98 Å². The third kappa shape index (κ3) is 4.14. The number of carbonyl (C=O) groups is 1. The van der Waals surface area contributed by atoms with E-state index in [0.717, 1.165) is 35.6 Å². The first-order valence-electron chi connectivity index (χ1n) is 11.6. The standard InChI is InChI=1S/C25H29N7O2/c1-5-34-21-10-18(14-32-13-17(4)29-24(21)32)30-25(33)19-6-7-20(23-22(19)26-8-9-27-23)31-11-15(2)28-16(3)12-31/h6-10,13-16,28H,5,11-12H2,1-4H3,(H,30,33)/t15-,16-/m0/s1. The smallest absolute Gasteiger partial charge is 0.257 e. The molecule has 0 aliphatic carbocycles. The fourth-order valence-corrected chi connectivity index (χ4v) is 4.72. The molecule has 3 aromatic heterocycles. The average molecular weight is 460 g/mol. The Hall–Kier alpha value is -3.72. The van der Waals surface area contributed by atoms with Gasteiger partial charge in [0.2, 0.25) is 0 Å². The summed E-state index contributed by atoms with van der Waals surface area (Å²) >= 11 is 0. The van der Waals surface area contributed by atoms with Crippen LogP contribution in [0.4, 0.5) is 11.4 Å². The van der Waals surface area contributed by atoms with Crippen LogP contribution in [0.3, 0.4) is 0 Å². The van der Waals surface area contributed by atoms with E-state index in [1.165, 1.54) is 0 Å². The molecule has 0 spiro atoms. The monoisotopic (exact) mass is 459 g/mol. The third-order valence-corrected chi connectivity index (χ3v) is 5.94. The first-order valence-corrected chi connectivity index (χ1v) is 11.6. The molecule has 9 nitrogen and oxygen atoms in total. The van der Waals surface area contributed by atoms with Gasteiger partial charge in [0.25, 0.3) is 5.91 Å². The molecule has 1 aliphatic rings. The molecule has 1 fully saturated rings. The van der Waals surface area contributed by atoms with Gasteiger partial charge < -0.3 is 24.7 Å². The molecule has 9 heteroatoms. The predicted octanol–water partition coefficient (Wildman–Crippen LogP) is 3.42. The quantitative estimate of drug-likeness (QED) is 0.472. The van der Waals surface area contributed by atoms with Crippen LogP contribution in [0.25, 0.3) is 16.7 Å². The Morgan fingerprint density at radius 1 is 1.15 bits per heavy atom. The first-order chi connectivity index (χ1) is 16.4. The number of hydrogen-bond donors (Lipinski definition) is 2. The number of aromatic nitrogens is 4. The lowest BCUT2D eigenvalue weighted by molar-refractivity contribution is 0.102. The van der Waals surface area contributed by atoms with Crippen LogP contribution in [0.15, 0.2) is 43.0 Å². The van der Waals surface area contributed by atoms with Gasteiger partial charge >= 0.3 is 0 Å². The number of fused-ring (bicyclic) bond motifs is 2.